The topological polar surface area (TPSA) is 106 Å². The Kier molecular flexibility index (Phi) is 5.80. The fourth-order valence-electron chi connectivity index (χ4n) is 4.51. The van der Waals surface area contributed by atoms with Crippen LogP contribution in [-0.4, -0.2) is 35.8 Å². The van der Waals surface area contributed by atoms with Crippen LogP contribution in [0.5, 0.6) is 23.0 Å². The van der Waals surface area contributed by atoms with E-state index in [2.05, 4.69) is 13.8 Å². The van der Waals surface area contributed by atoms with Crippen molar-refractivity contribution in [2.75, 3.05) is 18.8 Å². The van der Waals surface area contributed by atoms with Crippen LogP contribution in [0.15, 0.2) is 66.2 Å². The lowest BCUT2D eigenvalue weighted by atomic mass is 9.94. The van der Waals surface area contributed by atoms with E-state index >= 15 is 0 Å². The van der Waals surface area contributed by atoms with Gasteiger partial charge in [-0.1, -0.05) is 32.0 Å². The second-order valence-electron chi connectivity index (χ2n) is 8.91. The molecule has 0 spiro atoms. The van der Waals surface area contributed by atoms with Gasteiger partial charge in [-0.3, -0.25) is 14.5 Å². The van der Waals surface area contributed by atoms with E-state index in [4.69, 9.17) is 14.2 Å². The molecule has 1 atom stereocenters. The molecule has 0 bridgehead atoms. The van der Waals surface area contributed by atoms with Crippen molar-refractivity contribution in [3.05, 3.63) is 82.9 Å². The van der Waals surface area contributed by atoms with Crippen molar-refractivity contribution in [3.63, 3.8) is 0 Å². The van der Waals surface area contributed by atoms with Crippen molar-refractivity contribution in [3.8, 4) is 23.0 Å². The summed E-state index contributed by atoms with van der Waals surface area (Å²) in [6.45, 7) is 4.18. The number of anilines is 1. The number of aliphatic hydroxyl groups is 1. The van der Waals surface area contributed by atoms with Gasteiger partial charge in [0.2, 0.25) is 6.79 Å². The maximum Gasteiger partial charge on any atom is 0.300 e. The van der Waals surface area contributed by atoms with Gasteiger partial charge in [-0.25, -0.2) is 0 Å². The molecule has 1 saturated heterocycles. The SMILES string of the molecule is COc1ccc(C2/C(=C(/O)c3ccc4c(c3)OCO4)C(=O)C(=O)N2c2ccc(C(C)C)cc2)cc1O. The highest BCUT2D eigenvalue weighted by molar-refractivity contribution is 6.51. The maximum atomic E-state index is 13.4. The highest BCUT2D eigenvalue weighted by Crippen LogP contribution is 2.45. The van der Waals surface area contributed by atoms with E-state index in [0.717, 1.165) is 5.56 Å². The Bertz CT molecular complexity index is 1390. The summed E-state index contributed by atoms with van der Waals surface area (Å²) in [5.41, 5.74) is 2.20. The number of ketones is 1. The first kappa shape index (κ1) is 23.3. The summed E-state index contributed by atoms with van der Waals surface area (Å²) in [5.74, 6) is -0.645. The number of ether oxygens (including phenoxy) is 3. The molecule has 0 radical (unpaired) electrons. The predicted octanol–water partition coefficient (Wildman–Crippen LogP) is 4.88. The molecule has 3 aromatic rings. The fraction of sp³-hybridized carbons (Fsp3) is 0.214. The highest BCUT2D eigenvalue weighted by Gasteiger charge is 2.47. The fourth-order valence-corrected chi connectivity index (χ4v) is 4.51. The summed E-state index contributed by atoms with van der Waals surface area (Å²) in [7, 11) is 1.43. The number of carbonyl (C=O) groups excluding carboxylic acids is 2. The lowest BCUT2D eigenvalue weighted by Gasteiger charge is -2.26. The summed E-state index contributed by atoms with van der Waals surface area (Å²) in [5, 5.41) is 21.8. The van der Waals surface area contributed by atoms with Crippen LogP contribution in [0.2, 0.25) is 0 Å². The summed E-state index contributed by atoms with van der Waals surface area (Å²) >= 11 is 0. The number of methoxy groups -OCH3 is 1. The number of carbonyl (C=O) groups is 2. The van der Waals surface area contributed by atoms with E-state index in [0.29, 0.717) is 28.3 Å². The van der Waals surface area contributed by atoms with Crippen LogP contribution >= 0.6 is 0 Å². The van der Waals surface area contributed by atoms with Gasteiger partial charge in [-0.05, 0) is 59.5 Å². The van der Waals surface area contributed by atoms with Crippen LogP contribution in [0.3, 0.4) is 0 Å². The quantitative estimate of drug-likeness (QED) is 0.300. The number of amides is 1. The maximum absolute atomic E-state index is 13.4. The number of aliphatic hydroxyl groups excluding tert-OH is 1. The molecule has 5 rings (SSSR count). The molecule has 184 valence electrons. The molecule has 1 fully saturated rings. The molecule has 0 saturated carbocycles. The Morgan fingerprint density at radius 2 is 1.72 bits per heavy atom. The van der Waals surface area contributed by atoms with Crippen molar-refractivity contribution < 1.29 is 34.0 Å². The highest BCUT2D eigenvalue weighted by atomic mass is 16.7. The van der Waals surface area contributed by atoms with Crippen LogP contribution in [0.1, 0.15) is 42.5 Å². The zero-order chi connectivity index (χ0) is 25.6. The number of phenols is 1. The average molecular weight is 488 g/mol. The minimum atomic E-state index is -0.989. The van der Waals surface area contributed by atoms with E-state index in [-0.39, 0.29) is 35.5 Å². The average Bonchev–Trinajstić information content (AvgIpc) is 3.45. The largest absolute Gasteiger partial charge is 0.507 e. The van der Waals surface area contributed by atoms with Crippen LogP contribution < -0.4 is 19.1 Å². The predicted molar refractivity (Wildman–Crippen MR) is 133 cm³/mol. The molecule has 2 N–H and O–H groups in total. The van der Waals surface area contributed by atoms with Gasteiger partial charge >= 0.3 is 0 Å². The number of phenolic OH excluding ortho intramolecular Hbond substituents is 1. The first-order valence-corrected chi connectivity index (χ1v) is 11.5. The second kappa shape index (κ2) is 8.96. The molecule has 2 aliphatic heterocycles. The van der Waals surface area contributed by atoms with Crippen LogP contribution in [0.25, 0.3) is 5.76 Å². The minimum absolute atomic E-state index is 0.0570. The molecule has 3 aromatic carbocycles. The number of hydrogen-bond acceptors (Lipinski definition) is 7. The molecule has 8 heteroatoms. The number of fused-ring (bicyclic) bond motifs is 1. The van der Waals surface area contributed by atoms with Crippen LogP contribution in [0.4, 0.5) is 5.69 Å². The molecule has 0 aliphatic carbocycles. The molecule has 36 heavy (non-hydrogen) atoms. The van der Waals surface area contributed by atoms with Gasteiger partial charge in [-0.2, -0.15) is 0 Å². The van der Waals surface area contributed by atoms with Gasteiger partial charge in [-0.15, -0.1) is 0 Å². The molecular weight excluding hydrogens is 462 g/mol. The van der Waals surface area contributed by atoms with E-state index in [9.17, 15) is 19.8 Å². The van der Waals surface area contributed by atoms with E-state index in [1.807, 2.05) is 12.1 Å². The normalized spacial score (nSPS) is 18.2. The monoisotopic (exact) mass is 487 g/mol. The van der Waals surface area contributed by atoms with Gasteiger partial charge in [0.15, 0.2) is 23.0 Å². The standard InChI is InChI=1S/C28H25NO7/c1-15(2)16-4-8-19(9-5-16)29-25(17-6-10-21(34-3)20(30)12-17)24(27(32)28(29)33)26(31)18-7-11-22-23(13-18)36-14-35-22/h4-13,15,25,30-31H,14H2,1-3H3/b26-24-. The van der Waals surface area contributed by atoms with E-state index in [1.165, 1.54) is 18.1 Å². The number of Topliss-reactive ketones (excluding diaryl/α,β-unsaturated/α-hetero) is 1. The number of hydrogen-bond donors (Lipinski definition) is 2. The lowest BCUT2D eigenvalue weighted by Crippen LogP contribution is -2.29. The van der Waals surface area contributed by atoms with Gasteiger partial charge in [0, 0.05) is 11.3 Å². The molecule has 1 unspecified atom stereocenters. The van der Waals surface area contributed by atoms with Crippen LogP contribution in [-0.2, 0) is 9.59 Å². The Morgan fingerprint density at radius 3 is 2.39 bits per heavy atom. The Hall–Kier alpha value is -4.46. The molecule has 8 nitrogen and oxygen atoms in total. The number of nitrogens with zero attached hydrogens (tertiary/aromatic N) is 1. The Balaban J connectivity index is 1.69. The molecule has 0 aromatic heterocycles. The molecule has 1 amide bonds. The van der Waals surface area contributed by atoms with Gasteiger partial charge in [0.25, 0.3) is 11.7 Å². The summed E-state index contributed by atoms with van der Waals surface area (Å²) in [6.07, 6.45) is 0. The van der Waals surface area contributed by atoms with Crippen molar-refractivity contribution in [1.82, 2.24) is 0 Å². The van der Waals surface area contributed by atoms with Gasteiger partial charge in [0.1, 0.15) is 5.76 Å². The van der Waals surface area contributed by atoms with Crippen molar-refractivity contribution in [2.24, 2.45) is 0 Å². The van der Waals surface area contributed by atoms with Crippen molar-refractivity contribution in [1.29, 1.82) is 0 Å². The first-order chi connectivity index (χ1) is 17.3. The summed E-state index contributed by atoms with van der Waals surface area (Å²) in [4.78, 5) is 28.0. The number of benzene rings is 3. The van der Waals surface area contributed by atoms with Gasteiger partial charge < -0.3 is 24.4 Å². The third kappa shape index (κ3) is 3.80. The molecule has 2 aliphatic rings. The molecular formula is C28H25NO7. The van der Waals surface area contributed by atoms with Gasteiger partial charge in [0.05, 0.1) is 18.7 Å². The zero-order valence-corrected chi connectivity index (χ0v) is 20.0. The van der Waals surface area contributed by atoms with E-state index in [1.54, 1.807) is 42.5 Å². The summed E-state index contributed by atoms with van der Waals surface area (Å²) in [6, 6.07) is 15.8. The number of rotatable bonds is 5. The van der Waals surface area contributed by atoms with Crippen molar-refractivity contribution >= 4 is 23.1 Å². The third-order valence-electron chi connectivity index (χ3n) is 6.45. The molecule has 2 heterocycles. The lowest BCUT2D eigenvalue weighted by molar-refractivity contribution is -0.132. The Labute approximate surface area is 208 Å². The smallest absolute Gasteiger partial charge is 0.300 e. The summed E-state index contributed by atoms with van der Waals surface area (Å²) < 4.78 is 15.9. The Morgan fingerprint density at radius 1 is 1.00 bits per heavy atom. The van der Waals surface area contributed by atoms with E-state index < -0.39 is 17.7 Å². The van der Waals surface area contributed by atoms with Crippen LogP contribution in [0, 0.1) is 0 Å². The number of aromatic hydroxyl groups is 1. The van der Waals surface area contributed by atoms with Crippen molar-refractivity contribution in [2.45, 2.75) is 25.8 Å². The minimum Gasteiger partial charge on any atom is -0.507 e. The third-order valence-corrected chi connectivity index (χ3v) is 6.45. The second-order valence-corrected chi connectivity index (χ2v) is 8.91. The zero-order valence-electron chi connectivity index (χ0n) is 20.0. The first-order valence-electron chi connectivity index (χ1n) is 11.5.